The zero-order valence-corrected chi connectivity index (χ0v) is 17.3. The average molecular weight is 492 g/mol. The first-order valence-corrected chi connectivity index (χ1v) is 9.87. The van der Waals surface area contributed by atoms with Crippen molar-refractivity contribution in [1.82, 2.24) is 5.32 Å². The van der Waals surface area contributed by atoms with Gasteiger partial charge in [-0.2, -0.15) is 0 Å². The molecule has 7 heteroatoms. The minimum absolute atomic E-state index is 0.135. The predicted molar refractivity (Wildman–Crippen MR) is 113 cm³/mol. The van der Waals surface area contributed by atoms with E-state index >= 15 is 0 Å². The lowest BCUT2D eigenvalue weighted by atomic mass is 10.2. The second-order valence-electron chi connectivity index (χ2n) is 5.12. The van der Waals surface area contributed by atoms with Gasteiger partial charge in [-0.05, 0) is 58.0 Å². The lowest BCUT2D eigenvalue weighted by Gasteiger charge is -2.10. The molecule has 1 amide bonds. The van der Waals surface area contributed by atoms with Crippen LogP contribution in [0.15, 0.2) is 61.3 Å². The summed E-state index contributed by atoms with van der Waals surface area (Å²) in [5.74, 6) is 2.82. The number of nitrogens with zero attached hydrogens (tertiary/aromatic N) is 1. The SMILES string of the molecule is C#CCOc1c(Br)cc(Br)cc1C=C1SC(=Nc2ccccc2)NC1=O. The number of benzene rings is 2. The van der Waals surface area contributed by atoms with Crippen LogP contribution in [0.3, 0.4) is 0 Å². The van der Waals surface area contributed by atoms with Gasteiger partial charge in [0.1, 0.15) is 12.4 Å². The molecule has 0 aliphatic carbocycles. The van der Waals surface area contributed by atoms with Crippen molar-refractivity contribution in [3.8, 4) is 18.1 Å². The van der Waals surface area contributed by atoms with Gasteiger partial charge in [-0.15, -0.1) is 6.42 Å². The molecule has 1 N–H and O–H groups in total. The largest absolute Gasteiger partial charge is 0.479 e. The third-order valence-corrected chi connectivity index (χ3v) is 5.22. The Hall–Kier alpha value is -2.01. The van der Waals surface area contributed by atoms with Crippen LogP contribution in [-0.2, 0) is 4.79 Å². The van der Waals surface area contributed by atoms with Crippen molar-refractivity contribution in [2.24, 2.45) is 4.99 Å². The zero-order valence-electron chi connectivity index (χ0n) is 13.3. The highest BCUT2D eigenvalue weighted by molar-refractivity contribution is 9.11. The number of ether oxygens (including phenoxy) is 1. The molecule has 0 bridgehead atoms. The van der Waals surface area contributed by atoms with Crippen LogP contribution in [0, 0.1) is 12.3 Å². The number of carbonyl (C=O) groups excluding carboxylic acids is 1. The van der Waals surface area contributed by atoms with Crippen LogP contribution in [0.2, 0.25) is 0 Å². The lowest BCUT2D eigenvalue weighted by Crippen LogP contribution is -2.19. The number of terminal acetylenes is 1. The summed E-state index contributed by atoms with van der Waals surface area (Å²) in [6.45, 7) is 0.135. The molecule has 1 aliphatic rings. The van der Waals surface area contributed by atoms with Crippen molar-refractivity contribution in [1.29, 1.82) is 0 Å². The summed E-state index contributed by atoms with van der Waals surface area (Å²) < 4.78 is 7.22. The van der Waals surface area contributed by atoms with Crippen LogP contribution in [0.4, 0.5) is 5.69 Å². The standard InChI is InChI=1S/C19H12Br2N2O2S/c1-2-8-25-17-12(9-13(20)11-15(17)21)10-16-18(24)23-19(26-16)22-14-6-4-3-5-7-14/h1,3-7,9-11H,8H2,(H,22,23,24). The van der Waals surface area contributed by atoms with Crippen LogP contribution >= 0.6 is 43.6 Å². The highest BCUT2D eigenvalue weighted by Gasteiger charge is 2.24. The van der Waals surface area contributed by atoms with Crippen molar-refractivity contribution in [2.45, 2.75) is 0 Å². The molecule has 0 unspecified atom stereocenters. The van der Waals surface area contributed by atoms with Gasteiger partial charge in [0, 0.05) is 10.0 Å². The number of thioether (sulfide) groups is 1. The van der Waals surface area contributed by atoms with Crippen molar-refractivity contribution in [2.75, 3.05) is 6.61 Å². The highest BCUT2D eigenvalue weighted by Crippen LogP contribution is 2.36. The molecule has 1 aliphatic heterocycles. The van der Waals surface area contributed by atoms with Crippen LogP contribution in [-0.4, -0.2) is 17.7 Å². The van der Waals surface area contributed by atoms with E-state index in [1.54, 1.807) is 6.08 Å². The summed E-state index contributed by atoms with van der Waals surface area (Å²) in [7, 11) is 0. The predicted octanol–water partition coefficient (Wildman–Crippen LogP) is 5.12. The summed E-state index contributed by atoms with van der Waals surface area (Å²) in [5.41, 5.74) is 1.51. The van der Waals surface area contributed by atoms with Gasteiger partial charge in [-0.3, -0.25) is 4.79 Å². The number of carbonyl (C=O) groups is 1. The zero-order chi connectivity index (χ0) is 18.5. The molecule has 130 valence electrons. The number of amides is 1. The minimum Gasteiger partial charge on any atom is -0.479 e. The monoisotopic (exact) mass is 490 g/mol. The number of amidine groups is 1. The summed E-state index contributed by atoms with van der Waals surface area (Å²) in [5, 5.41) is 3.31. The molecule has 26 heavy (non-hydrogen) atoms. The van der Waals surface area contributed by atoms with E-state index in [1.807, 2.05) is 42.5 Å². The molecule has 1 heterocycles. The fraction of sp³-hybridized carbons (Fsp3) is 0.0526. The van der Waals surface area contributed by atoms with Gasteiger partial charge in [-0.25, -0.2) is 4.99 Å². The van der Waals surface area contributed by atoms with E-state index in [4.69, 9.17) is 11.2 Å². The van der Waals surface area contributed by atoms with E-state index in [0.717, 1.165) is 20.2 Å². The van der Waals surface area contributed by atoms with Gasteiger partial charge in [0.05, 0.1) is 15.1 Å². The smallest absolute Gasteiger partial charge is 0.264 e. The Kier molecular flexibility index (Phi) is 6.20. The fourth-order valence-corrected chi connectivity index (χ4v) is 4.40. The van der Waals surface area contributed by atoms with E-state index in [2.05, 4.69) is 48.1 Å². The molecular formula is C19H12Br2N2O2S. The Labute approximate surface area is 172 Å². The molecule has 0 spiro atoms. The van der Waals surface area contributed by atoms with Crippen LogP contribution in [0.1, 0.15) is 5.56 Å². The third-order valence-electron chi connectivity index (χ3n) is 3.26. The number of nitrogens with one attached hydrogen (secondary N) is 1. The summed E-state index contributed by atoms with van der Waals surface area (Å²) in [4.78, 5) is 17.3. The van der Waals surface area contributed by atoms with Crippen molar-refractivity contribution >= 4 is 66.5 Å². The first-order valence-electron chi connectivity index (χ1n) is 7.47. The number of hydrogen-bond acceptors (Lipinski definition) is 4. The van der Waals surface area contributed by atoms with Gasteiger partial charge in [0.2, 0.25) is 0 Å². The molecule has 0 saturated carbocycles. The number of rotatable bonds is 4. The Morgan fingerprint density at radius 3 is 2.77 bits per heavy atom. The number of halogens is 2. The van der Waals surface area contributed by atoms with E-state index < -0.39 is 0 Å². The van der Waals surface area contributed by atoms with Gasteiger partial charge >= 0.3 is 0 Å². The van der Waals surface area contributed by atoms with Crippen LogP contribution < -0.4 is 10.1 Å². The Morgan fingerprint density at radius 2 is 2.04 bits per heavy atom. The maximum absolute atomic E-state index is 12.3. The number of hydrogen-bond donors (Lipinski definition) is 1. The fourth-order valence-electron chi connectivity index (χ4n) is 2.20. The minimum atomic E-state index is -0.205. The molecule has 2 aromatic carbocycles. The topological polar surface area (TPSA) is 50.7 Å². The third kappa shape index (κ3) is 4.58. The number of aliphatic imine (C=N–C) groups is 1. The first kappa shape index (κ1) is 18.8. The van der Waals surface area contributed by atoms with E-state index in [0.29, 0.717) is 15.8 Å². The molecule has 0 aromatic heterocycles. The van der Waals surface area contributed by atoms with Gasteiger partial charge in [0.15, 0.2) is 5.17 Å². The maximum Gasteiger partial charge on any atom is 0.264 e. The molecule has 1 fully saturated rings. The van der Waals surface area contributed by atoms with Crippen LogP contribution in [0.25, 0.3) is 6.08 Å². The van der Waals surface area contributed by atoms with Gasteiger partial charge < -0.3 is 10.1 Å². The molecular weight excluding hydrogens is 480 g/mol. The Morgan fingerprint density at radius 1 is 1.27 bits per heavy atom. The van der Waals surface area contributed by atoms with E-state index in [1.165, 1.54) is 11.8 Å². The Balaban J connectivity index is 1.92. The number of para-hydroxylation sites is 1. The first-order chi connectivity index (χ1) is 12.6. The van der Waals surface area contributed by atoms with Crippen LogP contribution in [0.5, 0.6) is 5.75 Å². The van der Waals surface area contributed by atoms with Crippen molar-refractivity contribution < 1.29 is 9.53 Å². The second-order valence-corrected chi connectivity index (χ2v) is 7.92. The molecule has 1 saturated heterocycles. The molecule has 4 nitrogen and oxygen atoms in total. The molecule has 3 rings (SSSR count). The van der Waals surface area contributed by atoms with Gasteiger partial charge in [-0.1, -0.05) is 40.0 Å². The quantitative estimate of drug-likeness (QED) is 0.477. The maximum atomic E-state index is 12.3. The average Bonchev–Trinajstić information content (AvgIpc) is 2.94. The lowest BCUT2D eigenvalue weighted by molar-refractivity contribution is -0.115. The van der Waals surface area contributed by atoms with E-state index in [9.17, 15) is 4.79 Å². The summed E-state index contributed by atoms with van der Waals surface area (Å²) in [6.07, 6.45) is 7.04. The molecule has 0 atom stereocenters. The van der Waals surface area contributed by atoms with Gasteiger partial charge in [0.25, 0.3) is 5.91 Å². The summed E-state index contributed by atoms with van der Waals surface area (Å²) in [6, 6.07) is 13.2. The Bertz CT molecular complexity index is 950. The molecule has 2 aromatic rings. The summed E-state index contributed by atoms with van der Waals surface area (Å²) >= 11 is 8.19. The normalized spacial score (nSPS) is 16.6. The van der Waals surface area contributed by atoms with E-state index in [-0.39, 0.29) is 12.5 Å². The van der Waals surface area contributed by atoms with Crippen molar-refractivity contribution in [3.63, 3.8) is 0 Å². The second kappa shape index (κ2) is 8.58. The highest BCUT2D eigenvalue weighted by atomic mass is 79.9. The van der Waals surface area contributed by atoms with Crippen molar-refractivity contribution in [3.05, 3.63) is 61.9 Å². The molecule has 0 radical (unpaired) electrons.